The summed E-state index contributed by atoms with van der Waals surface area (Å²) in [5, 5.41) is 8.12. The largest absolute Gasteiger partial charge is 2.00 e. The molecule has 0 bridgehead atoms. The van der Waals surface area contributed by atoms with E-state index in [9.17, 15) is 13.2 Å². The minimum atomic E-state index is -4.55. The van der Waals surface area contributed by atoms with E-state index in [0.717, 1.165) is 40.7 Å². The Morgan fingerprint density at radius 1 is 0.757 bits per heavy atom. The topological polar surface area (TPSA) is 61.4 Å². The van der Waals surface area contributed by atoms with Crippen molar-refractivity contribution in [1.82, 2.24) is 29.5 Å². The van der Waals surface area contributed by atoms with E-state index in [-0.39, 0.29) is 26.9 Å². The van der Waals surface area contributed by atoms with Gasteiger partial charge in [0.15, 0.2) is 0 Å². The van der Waals surface area contributed by atoms with E-state index in [1.54, 1.807) is 22.9 Å². The van der Waals surface area contributed by atoms with Gasteiger partial charge in [-0.25, -0.2) is 0 Å². The van der Waals surface area contributed by atoms with Crippen LogP contribution in [0.2, 0.25) is 0 Å². The Balaban J connectivity index is 0.00000380. The van der Waals surface area contributed by atoms with Crippen LogP contribution in [0.15, 0.2) is 48.5 Å². The minimum absolute atomic E-state index is 0. The maximum atomic E-state index is 13.1. The van der Waals surface area contributed by atoms with Crippen molar-refractivity contribution < 1.29 is 34.2 Å². The third-order valence-corrected chi connectivity index (χ3v) is 5.87. The second-order valence-corrected chi connectivity index (χ2v) is 9.93. The number of pyridine rings is 2. The maximum Gasteiger partial charge on any atom is 2.00 e. The quantitative estimate of drug-likeness (QED) is 0.209. The summed E-state index contributed by atoms with van der Waals surface area (Å²) in [6.07, 6.45) is 2.58. The first-order chi connectivity index (χ1) is 17.0. The molecule has 0 saturated heterocycles. The monoisotopic (exact) mass is 689 g/mol. The number of aromatic nitrogens is 6. The molecular formula is C27H29F3N6Pt. The van der Waals surface area contributed by atoms with E-state index in [2.05, 4.69) is 50.3 Å². The molecule has 4 aromatic heterocycles. The average molecular weight is 690 g/mol. The standard InChI is InChI=1S/C27H29F3N6.Pt/c1-18(2)16-26(17-19(3)4,21-8-6-10-24(31-21)35-14-12-20(5)33-35)22-9-7-11-25(32-22)36-15-13-23(34-36)27(28,29)30;/h6-13,18-19H,16-17H2,1-5H3;/q-2;+2. The first kappa shape index (κ1) is 28.8. The molecule has 0 aromatic carbocycles. The Kier molecular flexibility index (Phi) is 8.78. The SMILES string of the molecule is Cc1c[c-]n(-c2cccc(C(CC(C)C)(CC(C)C)c3cccc(-n4[c-]cc(C(F)(F)F)n4)n3)n2)n1.[Pt+2]. The molecule has 0 fully saturated rings. The molecule has 4 heterocycles. The molecule has 37 heavy (non-hydrogen) atoms. The van der Waals surface area contributed by atoms with Crippen LogP contribution in [0.5, 0.6) is 0 Å². The second kappa shape index (κ2) is 11.3. The molecule has 4 rings (SSSR count). The van der Waals surface area contributed by atoms with E-state index < -0.39 is 17.3 Å². The number of hydrogen-bond donors (Lipinski definition) is 0. The van der Waals surface area contributed by atoms with Gasteiger partial charge in [0, 0.05) is 11.4 Å². The van der Waals surface area contributed by atoms with Crippen molar-refractivity contribution in [2.45, 2.75) is 59.1 Å². The van der Waals surface area contributed by atoms with Crippen LogP contribution in [0, 0.1) is 31.2 Å². The predicted molar refractivity (Wildman–Crippen MR) is 130 cm³/mol. The number of aryl methyl sites for hydroxylation is 1. The van der Waals surface area contributed by atoms with Crippen LogP contribution in [0.4, 0.5) is 13.2 Å². The van der Waals surface area contributed by atoms with Gasteiger partial charge in [-0.2, -0.15) is 13.2 Å². The zero-order chi connectivity index (χ0) is 26.1. The third-order valence-electron chi connectivity index (χ3n) is 5.87. The smallest absolute Gasteiger partial charge is 0.343 e. The molecule has 0 unspecified atom stereocenters. The summed E-state index contributed by atoms with van der Waals surface area (Å²) in [4.78, 5) is 9.83. The number of rotatable bonds is 8. The van der Waals surface area contributed by atoms with Gasteiger partial charge in [-0.15, -0.1) is 12.1 Å². The molecule has 0 aliphatic rings. The van der Waals surface area contributed by atoms with E-state index >= 15 is 0 Å². The van der Waals surface area contributed by atoms with Crippen LogP contribution >= 0.6 is 0 Å². The summed E-state index contributed by atoms with van der Waals surface area (Å²) < 4.78 is 42.1. The molecule has 0 spiro atoms. The molecule has 0 aliphatic carbocycles. The summed E-state index contributed by atoms with van der Waals surface area (Å²) in [6.45, 7) is 10.5. The third kappa shape index (κ3) is 6.37. The van der Waals surface area contributed by atoms with Crippen LogP contribution in [0.25, 0.3) is 11.6 Å². The first-order valence-corrected chi connectivity index (χ1v) is 11.9. The van der Waals surface area contributed by atoms with Gasteiger partial charge >= 0.3 is 27.2 Å². The minimum Gasteiger partial charge on any atom is -0.343 e. The molecule has 198 valence electrons. The Labute approximate surface area is 229 Å². The van der Waals surface area contributed by atoms with Crippen molar-refractivity contribution in [3.8, 4) is 11.6 Å². The summed E-state index contributed by atoms with van der Waals surface area (Å²) in [6, 6.07) is 13.8. The Morgan fingerprint density at radius 3 is 1.65 bits per heavy atom. The summed E-state index contributed by atoms with van der Waals surface area (Å²) in [5.74, 6) is 1.51. The molecule has 0 amide bonds. The number of halogens is 3. The summed E-state index contributed by atoms with van der Waals surface area (Å²) in [7, 11) is 0. The maximum absolute atomic E-state index is 13.1. The van der Waals surface area contributed by atoms with Crippen LogP contribution in [0.1, 0.15) is 63.3 Å². The fourth-order valence-corrected chi connectivity index (χ4v) is 4.67. The molecule has 0 saturated carbocycles. The average Bonchev–Trinajstić information content (AvgIpc) is 3.48. The van der Waals surface area contributed by atoms with Crippen LogP contribution in [-0.4, -0.2) is 29.5 Å². The van der Waals surface area contributed by atoms with Crippen molar-refractivity contribution in [2.75, 3.05) is 0 Å². The van der Waals surface area contributed by atoms with Crippen molar-refractivity contribution in [3.63, 3.8) is 0 Å². The van der Waals surface area contributed by atoms with Gasteiger partial charge in [0.1, 0.15) is 0 Å². The van der Waals surface area contributed by atoms with Gasteiger partial charge in [0.25, 0.3) is 0 Å². The van der Waals surface area contributed by atoms with E-state index in [1.165, 1.54) is 0 Å². The molecule has 0 N–H and O–H groups in total. The van der Waals surface area contributed by atoms with Crippen molar-refractivity contribution >= 4 is 0 Å². The summed E-state index contributed by atoms with van der Waals surface area (Å²) >= 11 is 0. The van der Waals surface area contributed by atoms with Gasteiger partial charge in [-0.3, -0.25) is 20.2 Å². The van der Waals surface area contributed by atoms with Gasteiger partial charge in [-0.1, -0.05) is 71.3 Å². The van der Waals surface area contributed by atoms with E-state index in [1.807, 2.05) is 31.2 Å². The Morgan fingerprint density at radius 2 is 1.24 bits per heavy atom. The first-order valence-electron chi connectivity index (χ1n) is 11.9. The fourth-order valence-electron chi connectivity index (χ4n) is 4.67. The Hall–Kier alpha value is -2.80. The molecule has 6 nitrogen and oxygen atoms in total. The zero-order valence-electron chi connectivity index (χ0n) is 21.3. The van der Waals surface area contributed by atoms with Crippen molar-refractivity contribution in [3.05, 3.63) is 83.7 Å². The van der Waals surface area contributed by atoms with Crippen LogP contribution < -0.4 is 0 Å². The molecule has 0 atom stereocenters. The predicted octanol–water partition coefficient (Wildman–Crippen LogP) is 6.15. The van der Waals surface area contributed by atoms with E-state index in [0.29, 0.717) is 17.7 Å². The zero-order valence-corrected chi connectivity index (χ0v) is 23.6. The summed E-state index contributed by atoms with van der Waals surface area (Å²) in [5.41, 5.74) is 0.793. The number of nitrogens with zero attached hydrogens (tertiary/aromatic N) is 6. The van der Waals surface area contributed by atoms with Gasteiger partial charge in [0.2, 0.25) is 0 Å². The van der Waals surface area contributed by atoms with E-state index in [4.69, 9.17) is 9.97 Å². The fraction of sp³-hybridized carbons (Fsp3) is 0.407. The van der Waals surface area contributed by atoms with Crippen LogP contribution in [-0.2, 0) is 32.7 Å². The molecule has 4 aromatic rings. The number of alkyl halides is 3. The van der Waals surface area contributed by atoms with Crippen molar-refractivity contribution in [1.29, 1.82) is 0 Å². The van der Waals surface area contributed by atoms with Gasteiger partial charge in [0.05, 0.1) is 22.7 Å². The molecule has 10 heteroatoms. The normalized spacial score (nSPS) is 12.3. The van der Waals surface area contributed by atoms with Gasteiger partial charge < -0.3 is 9.36 Å². The molecule has 0 aliphatic heterocycles. The second-order valence-electron chi connectivity index (χ2n) is 9.93. The van der Waals surface area contributed by atoms with Gasteiger partial charge in [-0.05, 0) is 42.5 Å². The molecule has 0 radical (unpaired) electrons. The Bertz CT molecular complexity index is 1320. The number of hydrogen-bond acceptors (Lipinski definition) is 4. The molecular weight excluding hydrogens is 660 g/mol. The van der Waals surface area contributed by atoms with Crippen molar-refractivity contribution in [2.24, 2.45) is 11.8 Å². The van der Waals surface area contributed by atoms with Crippen LogP contribution in [0.3, 0.4) is 0 Å².